The third-order valence-electron chi connectivity index (χ3n) is 2.57. The van der Waals surface area contributed by atoms with E-state index in [0.29, 0.717) is 0 Å². The third kappa shape index (κ3) is 2.70. The summed E-state index contributed by atoms with van der Waals surface area (Å²) in [6.07, 6.45) is 1.80. The highest BCUT2D eigenvalue weighted by Crippen LogP contribution is 2.11. The predicted octanol–water partition coefficient (Wildman–Crippen LogP) is 0.255. The molecule has 1 fully saturated rings. The molecule has 0 unspecified atom stereocenters. The zero-order valence-corrected chi connectivity index (χ0v) is 9.39. The van der Waals surface area contributed by atoms with Crippen LogP contribution >= 0.6 is 0 Å². The lowest BCUT2D eigenvalue weighted by molar-refractivity contribution is -0.123. The molecular formula is C11H16N4O. The summed E-state index contributed by atoms with van der Waals surface area (Å²) >= 11 is 0. The Labute approximate surface area is 95.0 Å². The van der Waals surface area contributed by atoms with Crippen LogP contribution in [0.2, 0.25) is 0 Å². The van der Waals surface area contributed by atoms with Crippen LogP contribution in [0.5, 0.6) is 0 Å². The summed E-state index contributed by atoms with van der Waals surface area (Å²) in [7, 11) is 0. The van der Waals surface area contributed by atoms with Crippen LogP contribution in [0.3, 0.4) is 0 Å². The number of hydrogen-bond acceptors (Lipinski definition) is 4. The minimum Gasteiger partial charge on any atom is -0.354 e. The lowest BCUT2D eigenvalue weighted by atomic mass is 10.3. The highest BCUT2D eigenvalue weighted by atomic mass is 16.2. The molecule has 5 heteroatoms. The number of piperazine rings is 1. The number of carbonyl (C=O) groups excluding carboxylic acids is 1. The van der Waals surface area contributed by atoms with Gasteiger partial charge < -0.3 is 4.90 Å². The van der Waals surface area contributed by atoms with Crippen LogP contribution in [0.25, 0.3) is 0 Å². The Bertz CT molecular complexity index is 346. The van der Waals surface area contributed by atoms with Gasteiger partial charge in [-0.2, -0.15) is 0 Å². The average molecular weight is 220 g/mol. The van der Waals surface area contributed by atoms with Crippen molar-refractivity contribution in [1.29, 1.82) is 0 Å². The normalized spacial score (nSPS) is 17.2. The summed E-state index contributed by atoms with van der Waals surface area (Å²) < 4.78 is 0. The summed E-state index contributed by atoms with van der Waals surface area (Å²) in [5.74, 6) is 0.997. The van der Waals surface area contributed by atoms with Crippen molar-refractivity contribution in [1.82, 2.24) is 15.4 Å². The van der Waals surface area contributed by atoms with Crippen LogP contribution < -0.4 is 10.3 Å². The van der Waals surface area contributed by atoms with Crippen LogP contribution in [-0.4, -0.2) is 42.1 Å². The minimum absolute atomic E-state index is 0.00807. The van der Waals surface area contributed by atoms with E-state index in [-0.39, 0.29) is 5.91 Å². The number of rotatable bonds is 2. The molecule has 0 bridgehead atoms. The molecule has 0 radical (unpaired) electrons. The molecule has 16 heavy (non-hydrogen) atoms. The van der Waals surface area contributed by atoms with E-state index in [1.54, 1.807) is 6.20 Å². The van der Waals surface area contributed by atoms with Crippen LogP contribution in [0, 0.1) is 0 Å². The highest BCUT2D eigenvalue weighted by Gasteiger charge is 2.17. The molecular weight excluding hydrogens is 204 g/mol. The number of pyridine rings is 1. The largest absolute Gasteiger partial charge is 0.354 e. The van der Waals surface area contributed by atoms with Gasteiger partial charge in [-0.05, 0) is 12.1 Å². The quantitative estimate of drug-likeness (QED) is 0.776. The topological polar surface area (TPSA) is 48.5 Å². The van der Waals surface area contributed by atoms with E-state index in [0.717, 1.165) is 32.0 Å². The second-order valence-corrected chi connectivity index (χ2v) is 3.83. The molecule has 1 saturated heterocycles. The molecule has 0 saturated carbocycles. The molecule has 1 N–H and O–H groups in total. The molecule has 5 nitrogen and oxygen atoms in total. The zero-order valence-electron chi connectivity index (χ0n) is 9.39. The highest BCUT2D eigenvalue weighted by molar-refractivity contribution is 5.72. The molecule has 0 aliphatic carbocycles. The number of hydrogen-bond donors (Lipinski definition) is 1. The van der Waals surface area contributed by atoms with Gasteiger partial charge in [0.25, 0.3) is 0 Å². The van der Waals surface area contributed by atoms with Crippen molar-refractivity contribution in [2.75, 3.05) is 31.1 Å². The Balaban J connectivity index is 1.88. The van der Waals surface area contributed by atoms with E-state index in [4.69, 9.17) is 0 Å². The number of nitrogens with zero attached hydrogens (tertiary/aromatic N) is 3. The first-order valence-electron chi connectivity index (χ1n) is 5.44. The van der Waals surface area contributed by atoms with Crippen LogP contribution in [0.4, 0.5) is 5.82 Å². The summed E-state index contributed by atoms with van der Waals surface area (Å²) in [5, 5.41) is 1.95. The number of hydrazine groups is 1. The monoisotopic (exact) mass is 220 g/mol. The van der Waals surface area contributed by atoms with Crippen molar-refractivity contribution >= 4 is 11.7 Å². The maximum absolute atomic E-state index is 10.9. The van der Waals surface area contributed by atoms with Crippen LogP contribution in [0.1, 0.15) is 6.92 Å². The molecule has 1 aliphatic rings. The fourth-order valence-corrected chi connectivity index (χ4v) is 1.81. The Morgan fingerprint density at radius 3 is 2.62 bits per heavy atom. The number of nitrogens with one attached hydrogen (secondary N) is 1. The smallest absolute Gasteiger partial charge is 0.231 e. The van der Waals surface area contributed by atoms with Gasteiger partial charge in [0.1, 0.15) is 5.82 Å². The first-order chi connectivity index (χ1) is 7.75. The van der Waals surface area contributed by atoms with Gasteiger partial charge in [-0.3, -0.25) is 10.2 Å². The number of amides is 1. The Hall–Kier alpha value is -1.62. The summed E-state index contributed by atoms with van der Waals surface area (Å²) in [5.41, 5.74) is 2.80. The SMILES string of the molecule is CC(=O)NN1CCN(c2ccccn2)CC1. The van der Waals surface area contributed by atoms with Gasteiger partial charge >= 0.3 is 0 Å². The fraction of sp³-hybridized carbons (Fsp3) is 0.455. The molecule has 2 rings (SSSR count). The second-order valence-electron chi connectivity index (χ2n) is 3.83. The second kappa shape index (κ2) is 4.94. The molecule has 0 aromatic carbocycles. The van der Waals surface area contributed by atoms with Crippen LogP contribution in [-0.2, 0) is 4.79 Å². The van der Waals surface area contributed by atoms with Gasteiger partial charge in [0.05, 0.1) is 0 Å². The van der Waals surface area contributed by atoms with E-state index >= 15 is 0 Å². The molecule has 1 amide bonds. The first kappa shape index (κ1) is 10.9. The lowest BCUT2D eigenvalue weighted by Gasteiger charge is -2.35. The fourth-order valence-electron chi connectivity index (χ4n) is 1.81. The average Bonchev–Trinajstić information content (AvgIpc) is 2.30. The molecule has 1 aromatic heterocycles. The van der Waals surface area contributed by atoms with Crippen LogP contribution in [0.15, 0.2) is 24.4 Å². The molecule has 0 atom stereocenters. The van der Waals surface area contributed by atoms with E-state index < -0.39 is 0 Å². The maximum Gasteiger partial charge on any atom is 0.231 e. The van der Waals surface area contributed by atoms with Crippen molar-refractivity contribution in [2.45, 2.75) is 6.92 Å². The summed E-state index contributed by atoms with van der Waals surface area (Å²) in [6, 6.07) is 5.91. The van der Waals surface area contributed by atoms with Crippen molar-refractivity contribution < 1.29 is 4.79 Å². The van der Waals surface area contributed by atoms with Gasteiger partial charge in [-0.1, -0.05) is 6.07 Å². The van der Waals surface area contributed by atoms with E-state index in [9.17, 15) is 4.79 Å². The number of anilines is 1. The first-order valence-corrected chi connectivity index (χ1v) is 5.44. The molecule has 2 heterocycles. The maximum atomic E-state index is 10.9. The minimum atomic E-state index is -0.00807. The molecule has 1 aromatic rings. The Morgan fingerprint density at radius 1 is 1.31 bits per heavy atom. The summed E-state index contributed by atoms with van der Waals surface area (Å²) in [4.78, 5) is 17.4. The molecule has 86 valence electrons. The van der Waals surface area contributed by atoms with Crippen molar-refractivity contribution in [2.24, 2.45) is 0 Å². The number of carbonyl (C=O) groups is 1. The zero-order chi connectivity index (χ0) is 11.4. The van der Waals surface area contributed by atoms with Gasteiger partial charge in [-0.25, -0.2) is 9.99 Å². The Morgan fingerprint density at radius 2 is 2.06 bits per heavy atom. The van der Waals surface area contributed by atoms with E-state index in [1.807, 2.05) is 23.2 Å². The standard InChI is InChI=1S/C11H16N4O/c1-10(16)13-15-8-6-14(7-9-15)11-4-2-3-5-12-11/h2-5H,6-9H2,1H3,(H,13,16). The van der Waals surface area contributed by atoms with Gasteiger partial charge in [0, 0.05) is 39.3 Å². The van der Waals surface area contributed by atoms with Gasteiger partial charge in [0.15, 0.2) is 0 Å². The Kier molecular flexibility index (Phi) is 3.36. The van der Waals surface area contributed by atoms with Crippen molar-refractivity contribution in [3.8, 4) is 0 Å². The van der Waals surface area contributed by atoms with Crippen molar-refractivity contribution in [3.63, 3.8) is 0 Å². The van der Waals surface area contributed by atoms with Gasteiger partial charge in [-0.15, -0.1) is 0 Å². The van der Waals surface area contributed by atoms with E-state index in [1.165, 1.54) is 6.92 Å². The lowest BCUT2D eigenvalue weighted by Crippen LogP contribution is -2.53. The van der Waals surface area contributed by atoms with Gasteiger partial charge in [0.2, 0.25) is 5.91 Å². The van der Waals surface area contributed by atoms with E-state index in [2.05, 4.69) is 15.3 Å². The molecule has 0 spiro atoms. The number of aromatic nitrogens is 1. The van der Waals surface area contributed by atoms with Crippen molar-refractivity contribution in [3.05, 3.63) is 24.4 Å². The predicted molar refractivity (Wildman–Crippen MR) is 61.8 cm³/mol. The molecule has 1 aliphatic heterocycles. The third-order valence-corrected chi connectivity index (χ3v) is 2.57. The summed E-state index contributed by atoms with van der Waals surface area (Å²) in [6.45, 7) is 4.96.